The van der Waals surface area contributed by atoms with Crippen LogP contribution in [0.15, 0.2) is 33.8 Å². The van der Waals surface area contributed by atoms with Gasteiger partial charge in [-0.3, -0.25) is 4.98 Å². The highest BCUT2D eigenvalue weighted by Gasteiger charge is 2.13. The number of benzene rings is 1. The van der Waals surface area contributed by atoms with E-state index in [1.165, 1.54) is 4.90 Å². The number of aromatic nitrogens is 1. The Hall–Kier alpha value is -0.740. The molecule has 18 heavy (non-hydrogen) atoms. The van der Waals surface area contributed by atoms with E-state index in [-0.39, 0.29) is 0 Å². The maximum absolute atomic E-state index is 6.01. The third kappa shape index (κ3) is 2.81. The van der Waals surface area contributed by atoms with Crippen molar-refractivity contribution in [2.75, 3.05) is 5.73 Å². The molecular formula is C14H17BrN2S. The van der Waals surface area contributed by atoms with Crippen LogP contribution in [0.1, 0.15) is 20.8 Å². The molecule has 0 bridgehead atoms. The Morgan fingerprint density at radius 3 is 2.67 bits per heavy atom. The van der Waals surface area contributed by atoms with E-state index >= 15 is 0 Å². The molecule has 2 rings (SSSR count). The van der Waals surface area contributed by atoms with Crippen LogP contribution >= 0.6 is 27.7 Å². The Morgan fingerprint density at radius 2 is 2.00 bits per heavy atom. The van der Waals surface area contributed by atoms with Gasteiger partial charge in [0, 0.05) is 31.9 Å². The van der Waals surface area contributed by atoms with Crippen molar-refractivity contribution in [2.45, 2.75) is 30.9 Å². The SMILES string of the molecule is CC(C)C(C)Sc1ccc(N)c2cc(Br)cnc12. The van der Waals surface area contributed by atoms with Crippen molar-refractivity contribution in [3.63, 3.8) is 0 Å². The summed E-state index contributed by atoms with van der Waals surface area (Å²) in [6.07, 6.45) is 1.83. The van der Waals surface area contributed by atoms with E-state index in [0.29, 0.717) is 11.2 Å². The lowest BCUT2D eigenvalue weighted by Crippen LogP contribution is -2.05. The van der Waals surface area contributed by atoms with Gasteiger partial charge in [0.1, 0.15) is 0 Å². The predicted octanol–water partition coefficient (Wildman–Crippen LogP) is 4.72. The second-order valence-corrected chi connectivity index (χ2v) is 7.10. The number of thioether (sulfide) groups is 1. The standard InChI is InChI=1S/C14H17BrN2S/c1-8(2)9(3)18-13-5-4-12(16)11-6-10(15)7-17-14(11)13/h4-9H,16H2,1-3H3. The normalized spacial score (nSPS) is 13.2. The van der Waals surface area contributed by atoms with Crippen LogP contribution in [0.5, 0.6) is 0 Å². The van der Waals surface area contributed by atoms with Gasteiger partial charge in [0.05, 0.1) is 5.52 Å². The number of nitrogens with zero attached hydrogens (tertiary/aromatic N) is 1. The number of pyridine rings is 1. The van der Waals surface area contributed by atoms with Crippen LogP contribution in [0.3, 0.4) is 0 Å². The fourth-order valence-electron chi connectivity index (χ4n) is 1.62. The summed E-state index contributed by atoms with van der Waals surface area (Å²) in [6, 6.07) is 6.07. The molecule has 1 aromatic heterocycles. The van der Waals surface area contributed by atoms with E-state index in [9.17, 15) is 0 Å². The molecular weight excluding hydrogens is 308 g/mol. The molecule has 0 saturated carbocycles. The molecule has 2 aromatic rings. The second-order valence-electron chi connectivity index (χ2n) is 4.77. The smallest absolute Gasteiger partial charge is 0.0859 e. The molecule has 1 unspecified atom stereocenters. The third-order valence-corrected chi connectivity index (χ3v) is 5.00. The van der Waals surface area contributed by atoms with Gasteiger partial charge in [-0.05, 0) is 40.0 Å². The van der Waals surface area contributed by atoms with Crippen molar-refractivity contribution < 1.29 is 0 Å². The van der Waals surface area contributed by atoms with Crippen molar-refractivity contribution in [3.05, 3.63) is 28.9 Å². The first-order valence-electron chi connectivity index (χ1n) is 5.99. The molecule has 0 saturated heterocycles. The minimum absolute atomic E-state index is 0.558. The summed E-state index contributed by atoms with van der Waals surface area (Å²) in [5.41, 5.74) is 7.79. The fraction of sp³-hybridized carbons (Fsp3) is 0.357. The third-order valence-electron chi connectivity index (χ3n) is 3.06. The van der Waals surface area contributed by atoms with Crippen LogP contribution < -0.4 is 5.73 Å². The molecule has 0 fully saturated rings. The lowest BCUT2D eigenvalue weighted by molar-refractivity contribution is 0.642. The van der Waals surface area contributed by atoms with Gasteiger partial charge in [0.25, 0.3) is 0 Å². The first-order chi connectivity index (χ1) is 8.49. The maximum atomic E-state index is 6.01. The van der Waals surface area contributed by atoms with Crippen LogP contribution in [0, 0.1) is 5.92 Å². The van der Waals surface area contributed by atoms with E-state index in [4.69, 9.17) is 5.73 Å². The summed E-state index contributed by atoms with van der Waals surface area (Å²) in [5.74, 6) is 0.637. The van der Waals surface area contributed by atoms with Gasteiger partial charge in [-0.15, -0.1) is 11.8 Å². The number of hydrogen-bond acceptors (Lipinski definition) is 3. The number of hydrogen-bond donors (Lipinski definition) is 1. The summed E-state index contributed by atoms with van der Waals surface area (Å²) in [4.78, 5) is 5.71. The van der Waals surface area contributed by atoms with Crippen molar-refractivity contribution in [1.82, 2.24) is 4.98 Å². The molecule has 0 amide bonds. The second kappa shape index (κ2) is 5.49. The van der Waals surface area contributed by atoms with Crippen molar-refractivity contribution in [1.29, 1.82) is 0 Å². The Balaban J connectivity index is 2.49. The minimum Gasteiger partial charge on any atom is -0.398 e. The zero-order valence-corrected chi connectivity index (χ0v) is 13.2. The van der Waals surface area contributed by atoms with E-state index in [0.717, 1.165) is 21.1 Å². The average molecular weight is 325 g/mol. The number of halogens is 1. The van der Waals surface area contributed by atoms with Gasteiger partial charge in [-0.1, -0.05) is 20.8 Å². The van der Waals surface area contributed by atoms with Crippen molar-refractivity contribution in [2.24, 2.45) is 5.92 Å². The quantitative estimate of drug-likeness (QED) is 0.656. The summed E-state index contributed by atoms with van der Waals surface area (Å²) in [7, 11) is 0. The predicted molar refractivity (Wildman–Crippen MR) is 84.0 cm³/mol. The van der Waals surface area contributed by atoms with Crippen LogP contribution in [0.4, 0.5) is 5.69 Å². The number of anilines is 1. The van der Waals surface area contributed by atoms with Crippen molar-refractivity contribution >= 4 is 44.3 Å². The monoisotopic (exact) mass is 324 g/mol. The summed E-state index contributed by atoms with van der Waals surface area (Å²) in [5, 5.41) is 1.58. The first-order valence-corrected chi connectivity index (χ1v) is 7.66. The molecule has 0 radical (unpaired) electrons. The van der Waals surface area contributed by atoms with E-state index in [1.54, 1.807) is 0 Å². The molecule has 2 N–H and O–H groups in total. The molecule has 0 aliphatic heterocycles. The van der Waals surface area contributed by atoms with Crippen LogP contribution in [0.25, 0.3) is 10.9 Å². The molecule has 2 nitrogen and oxygen atoms in total. The van der Waals surface area contributed by atoms with E-state index in [1.807, 2.05) is 30.1 Å². The molecule has 1 aromatic carbocycles. The van der Waals surface area contributed by atoms with Crippen LogP contribution in [-0.2, 0) is 0 Å². The Labute approximate surface area is 120 Å². The number of rotatable bonds is 3. The van der Waals surface area contributed by atoms with Gasteiger partial charge in [0.15, 0.2) is 0 Å². The molecule has 0 spiro atoms. The molecule has 0 aliphatic rings. The number of fused-ring (bicyclic) bond motifs is 1. The maximum Gasteiger partial charge on any atom is 0.0859 e. The summed E-state index contributed by atoms with van der Waals surface area (Å²) in [6.45, 7) is 6.72. The van der Waals surface area contributed by atoms with E-state index in [2.05, 4.69) is 47.8 Å². The zero-order chi connectivity index (χ0) is 13.3. The fourth-order valence-corrected chi connectivity index (χ4v) is 3.05. The Kier molecular flexibility index (Phi) is 4.17. The first kappa shape index (κ1) is 13.7. The summed E-state index contributed by atoms with van der Waals surface area (Å²) < 4.78 is 0.959. The highest BCUT2D eigenvalue weighted by Crippen LogP contribution is 2.35. The van der Waals surface area contributed by atoms with Gasteiger partial charge >= 0.3 is 0 Å². The minimum atomic E-state index is 0.558. The zero-order valence-electron chi connectivity index (χ0n) is 10.8. The lowest BCUT2D eigenvalue weighted by Gasteiger charge is -2.16. The van der Waals surface area contributed by atoms with Gasteiger partial charge in [0.2, 0.25) is 0 Å². The lowest BCUT2D eigenvalue weighted by atomic mass is 10.1. The topological polar surface area (TPSA) is 38.9 Å². The van der Waals surface area contributed by atoms with Crippen LogP contribution in [-0.4, -0.2) is 10.2 Å². The molecule has 1 atom stereocenters. The number of nitrogen functional groups attached to an aromatic ring is 1. The molecule has 0 aliphatic carbocycles. The van der Waals surface area contributed by atoms with Gasteiger partial charge in [-0.2, -0.15) is 0 Å². The number of nitrogens with two attached hydrogens (primary N) is 1. The highest BCUT2D eigenvalue weighted by atomic mass is 79.9. The molecule has 96 valence electrons. The van der Waals surface area contributed by atoms with Crippen molar-refractivity contribution in [3.8, 4) is 0 Å². The Morgan fingerprint density at radius 1 is 1.28 bits per heavy atom. The highest BCUT2D eigenvalue weighted by molar-refractivity contribution is 9.10. The largest absolute Gasteiger partial charge is 0.398 e. The van der Waals surface area contributed by atoms with Gasteiger partial charge in [-0.25, -0.2) is 0 Å². The average Bonchev–Trinajstić information content (AvgIpc) is 2.32. The summed E-state index contributed by atoms with van der Waals surface area (Å²) >= 11 is 5.30. The van der Waals surface area contributed by atoms with E-state index < -0.39 is 0 Å². The van der Waals surface area contributed by atoms with Gasteiger partial charge < -0.3 is 5.73 Å². The Bertz CT molecular complexity index is 569. The van der Waals surface area contributed by atoms with Crippen LogP contribution in [0.2, 0.25) is 0 Å². The molecule has 1 heterocycles. The molecule has 4 heteroatoms.